The van der Waals surface area contributed by atoms with E-state index < -0.39 is 72.5 Å². The minimum atomic E-state index is -1.86. The summed E-state index contributed by atoms with van der Waals surface area (Å²) in [6, 6.07) is 0. The molecule has 0 aromatic carbocycles. The molecule has 0 amide bonds. The standard InChI is InChI=1S/C49H71NO13/c1-27-13-11-16-34-26-56-46-42(50-54)29(3)21-37(49(34,46)53)47(52)59-36-23-35(62-48(25-36)20-12-17-38(63-48)33-14-9-8-10-15-33)19-18-28(2)44(27)60-41-24-39(55-7)45(32(6)58-41)61-40-22-30(4)43(51)31(5)57-40/h11-13,16,18,20-21,27,30-33,35-41,43-46,51,53-54H,8-10,14-15,17,19,22-26H2,1-7H3/b13-11+,28-18+,34-16+,50-42+/t27-,30-,31-,32-,35+,36-,37-,38-,39-,40-,41?,43+,44-,45-,46+,48+,49+/m0/s1. The lowest BCUT2D eigenvalue weighted by atomic mass is 9.71. The second-order valence-corrected chi connectivity index (χ2v) is 19.6. The molecule has 14 heteroatoms. The first-order chi connectivity index (χ1) is 30.2. The van der Waals surface area contributed by atoms with Gasteiger partial charge in [0.1, 0.15) is 35.5 Å². The molecule has 5 fully saturated rings. The van der Waals surface area contributed by atoms with Crippen LogP contribution in [-0.2, 0) is 47.4 Å². The molecule has 6 aliphatic heterocycles. The molecule has 1 saturated carbocycles. The lowest BCUT2D eigenvalue weighted by molar-refractivity contribution is -0.314. The fourth-order valence-corrected chi connectivity index (χ4v) is 11.5. The first kappa shape index (κ1) is 46.8. The van der Waals surface area contributed by atoms with E-state index in [2.05, 4.69) is 31.2 Å². The van der Waals surface area contributed by atoms with Crippen molar-refractivity contribution in [3.05, 3.63) is 59.3 Å². The number of hydrogen-bond donors (Lipinski definition) is 3. The molecular formula is C49H71NO13. The van der Waals surface area contributed by atoms with Gasteiger partial charge in [0.05, 0.1) is 49.3 Å². The van der Waals surface area contributed by atoms with Crippen molar-refractivity contribution < 1.29 is 62.8 Å². The van der Waals surface area contributed by atoms with Crippen LogP contribution in [0.2, 0.25) is 0 Å². The highest BCUT2D eigenvalue weighted by molar-refractivity contribution is 6.06. The zero-order valence-corrected chi connectivity index (χ0v) is 38.1. The summed E-state index contributed by atoms with van der Waals surface area (Å²) in [5.41, 5.74) is 0.285. The molecule has 17 atom stereocenters. The Labute approximate surface area is 372 Å². The molecule has 63 heavy (non-hydrogen) atoms. The Morgan fingerprint density at radius 2 is 1.68 bits per heavy atom. The first-order valence-electron chi connectivity index (χ1n) is 23.6. The number of nitrogens with zero attached hydrogens (tertiary/aromatic N) is 1. The number of rotatable bonds is 6. The van der Waals surface area contributed by atoms with Crippen molar-refractivity contribution in [3.63, 3.8) is 0 Å². The number of ether oxygens (including phenoxy) is 9. The van der Waals surface area contributed by atoms with Gasteiger partial charge >= 0.3 is 5.97 Å². The van der Waals surface area contributed by atoms with Crippen LogP contribution < -0.4 is 0 Å². The van der Waals surface area contributed by atoms with Gasteiger partial charge in [0.25, 0.3) is 0 Å². The molecule has 0 aromatic rings. The third-order valence-corrected chi connectivity index (χ3v) is 15.0. The Morgan fingerprint density at radius 1 is 0.921 bits per heavy atom. The van der Waals surface area contributed by atoms with Gasteiger partial charge in [0.15, 0.2) is 18.4 Å². The Balaban J connectivity index is 1.09. The number of esters is 1. The Kier molecular flexibility index (Phi) is 14.6. The van der Waals surface area contributed by atoms with E-state index in [1.54, 1.807) is 26.2 Å². The predicted octanol–water partition coefficient (Wildman–Crippen LogP) is 6.76. The summed E-state index contributed by atoms with van der Waals surface area (Å²) < 4.78 is 58.5. The molecule has 2 aliphatic carbocycles. The summed E-state index contributed by atoms with van der Waals surface area (Å²) in [7, 11) is 1.67. The number of aliphatic hydroxyl groups excluding tert-OH is 1. The quantitative estimate of drug-likeness (QED) is 0.111. The summed E-state index contributed by atoms with van der Waals surface area (Å²) in [6.07, 6.45) is 16.9. The van der Waals surface area contributed by atoms with Crippen LogP contribution in [0, 0.1) is 23.7 Å². The molecule has 1 unspecified atom stereocenters. The van der Waals surface area contributed by atoms with Crippen LogP contribution in [0.3, 0.4) is 0 Å². The first-order valence-corrected chi connectivity index (χ1v) is 23.6. The Morgan fingerprint density at radius 3 is 2.43 bits per heavy atom. The van der Waals surface area contributed by atoms with E-state index >= 15 is 0 Å². The number of fused-ring (bicyclic) bond motifs is 2. The van der Waals surface area contributed by atoms with E-state index in [0.29, 0.717) is 49.2 Å². The minimum absolute atomic E-state index is 0.00453. The molecular weight excluding hydrogens is 811 g/mol. The zero-order chi connectivity index (χ0) is 44.6. The lowest BCUT2D eigenvalue weighted by Gasteiger charge is -2.47. The number of methoxy groups -OCH3 is 1. The second-order valence-electron chi connectivity index (χ2n) is 19.6. The molecule has 6 heterocycles. The Bertz CT molecular complexity index is 1810. The summed E-state index contributed by atoms with van der Waals surface area (Å²) in [6.45, 7) is 11.7. The van der Waals surface area contributed by atoms with Crippen LogP contribution in [0.4, 0.5) is 0 Å². The van der Waals surface area contributed by atoms with E-state index in [1.807, 2.05) is 39.0 Å². The average molecular weight is 882 g/mol. The number of carbonyl (C=O) groups is 1. The SMILES string of the molecule is CO[C@H]1CC(O[C@@H]2/C(C)=C/C[C@@H]3C[C@@H](C[C@]4(C=CC[C@@H](C5CCCCC5)O4)O3)OC(=O)[C@@H]3C=C(C)/C(=N\O)[C@H]4OC/C(=C\C=C\[C@@H]2C)[C@]43O)O[C@@H](C)[C@@H]1O[C@H]1C[C@H](C)[C@@H](O)[C@H](C)O1. The summed E-state index contributed by atoms with van der Waals surface area (Å²) in [4.78, 5) is 14.4. The maximum Gasteiger partial charge on any atom is 0.316 e. The molecule has 350 valence electrons. The van der Waals surface area contributed by atoms with Gasteiger partial charge in [0, 0.05) is 38.7 Å². The summed E-state index contributed by atoms with van der Waals surface area (Å²) >= 11 is 0. The van der Waals surface area contributed by atoms with Crippen molar-refractivity contribution in [2.24, 2.45) is 28.8 Å². The van der Waals surface area contributed by atoms with E-state index in [1.165, 1.54) is 19.3 Å². The van der Waals surface area contributed by atoms with E-state index in [0.717, 1.165) is 24.8 Å². The molecule has 1 spiro atoms. The van der Waals surface area contributed by atoms with Crippen LogP contribution >= 0.6 is 0 Å². The van der Waals surface area contributed by atoms with Crippen molar-refractivity contribution >= 4 is 11.7 Å². The number of allylic oxidation sites excluding steroid dienone is 2. The maximum absolute atomic E-state index is 14.4. The topological polar surface area (TPSA) is 173 Å². The van der Waals surface area contributed by atoms with Gasteiger partial charge in [-0.15, -0.1) is 0 Å². The molecule has 0 aromatic heterocycles. The fraction of sp³-hybridized carbons (Fsp3) is 0.755. The fourth-order valence-electron chi connectivity index (χ4n) is 11.5. The van der Waals surface area contributed by atoms with Crippen molar-refractivity contribution in [2.75, 3.05) is 13.7 Å². The highest BCUT2D eigenvalue weighted by atomic mass is 16.7. The second kappa shape index (κ2) is 19.6. The van der Waals surface area contributed by atoms with Crippen LogP contribution in [0.15, 0.2) is 64.4 Å². The zero-order valence-electron chi connectivity index (χ0n) is 38.1. The number of carbonyl (C=O) groups excluding carboxylic acids is 1. The molecule has 2 bridgehead atoms. The van der Waals surface area contributed by atoms with Crippen molar-refractivity contribution in [1.29, 1.82) is 0 Å². The van der Waals surface area contributed by atoms with Crippen molar-refractivity contribution in [3.8, 4) is 0 Å². The third-order valence-electron chi connectivity index (χ3n) is 15.0. The van der Waals surface area contributed by atoms with E-state index in [-0.39, 0.29) is 48.6 Å². The molecule has 8 aliphatic rings. The van der Waals surface area contributed by atoms with Gasteiger partial charge in [-0.3, -0.25) is 4.79 Å². The molecule has 8 rings (SSSR count). The van der Waals surface area contributed by atoms with Crippen molar-refractivity contribution in [2.45, 2.75) is 197 Å². The van der Waals surface area contributed by atoms with Gasteiger partial charge < -0.3 is 58.1 Å². The minimum Gasteiger partial charge on any atom is -0.462 e. The lowest BCUT2D eigenvalue weighted by Crippen LogP contribution is -2.57. The molecule has 14 nitrogen and oxygen atoms in total. The molecule has 3 N–H and O–H groups in total. The number of aliphatic hydroxyl groups is 2. The normalized spacial score (nSPS) is 48.1. The summed E-state index contributed by atoms with van der Waals surface area (Å²) in [5, 5.41) is 36.7. The predicted molar refractivity (Wildman–Crippen MR) is 231 cm³/mol. The highest BCUT2D eigenvalue weighted by Gasteiger charge is 2.60. The van der Waals surface area contributed by atoms with Gasteiger partial charge in [-0.1, -0.05) is 74.7 Å². The van der Waals surface area contributed by atoms with Crippen LogP contribution in [0.1, 0.15) is 112 Å². The average Bonchev–Trinajstić information content (AvgIpc) is 3.59. The smallest absolute Gasteiger partial charge is 0.316 e. The van der Waals surface area contributed by atoms with Crippen LogP contribution in [0.25, 0.3) is 0 Å². The third kappa shape index (κ3) is 9.73. The van der Waals surface area contributed by atoms with E-state index in [4.69, 9.17) is 42.6 Å². The Hall–Kier alpha value is -2.76. The van der Waals surface area contributed by atoms with Crippen LogP contribution in [0.5, 0.6) is 0 Å². The highest BCUT2D eigenvalue weighted by Crippen LogP contribution is 2.46. The summed E-state index contributed by atoms with van der Waals surface area (Å²) in [5.74, 6) is -2.51. The number of oxime groups is 1. The molecule has 0 radical (unpaired) electrons. The largest absolute Gasteiger partial charge is 0.462 e. The monoisotopic (exact) mass is 881 g/mol. The van der Waals surface area contributed by atoms with Gasteiger partial charge in [-0.25, -0.2) is 0 Å². The van der Waals surface area contributed by atoms with Gasteiger partial charge in [0.2, 0.25) is 0 Å². The van der Waals surface area contributed by atoms with E-state index in [9.17, 15) is 20.2 Å². The van der Waals surface area contributed by atoms with Crippen molar-refractivity contribution in [1.82, 2.24) is 0 Å². The number of hydrogen-bond acceptors (Lipinski definition) is 14. The van der Waals surface area contributed by atoms with Gasteiger partial charge in [-0.05, 0) is 88.0 Å². The maximum atomic E-state index is 14.4. The van der Waals surface area contributed by atoms with Crippen LogP contribution in [-0.4, -0.2) is 126 Å². The molecule has 4 saturated heterocycles. The van der Waals surface area contributed by atoms with Gasteiger partial charge in [-0.2, -0.15) is 0 Å².